The third-order valence-electron chi connectivity index (χ3n) is 3.45. The fourth-order valence-electron chi connectivity index (χ4n) is 2.55. The van der Waals surface area contributed by atoms with Gasteiger partial charge in [0.15, 0.2) is 0 Å². The van der Waals surface area contributed by atoms with E-state index in [9.17, 15) is 0 Å². The zero-order valence-electron chi connectivity index (χ0n) is 10.2. The summed E-state index contributed by atoms with van der Waals surface area (Å²) in [5, 5.41) is 12.6. The summed E-state index contributed by atoms with van der Waals surface area (Å²) in [6.07, 6.45) is 3.77. The lowest BCUT2D eigenvalue weighted by Gasteiger charge is -2.18. The van der Waals surface area contributed by atoms with Crippen molar-refractivity contribution in [2.45, 2.75) is 45.8 Å². The van der Waals surface area contributed by atoms with E-state index in [-0.39, 0.29) is 6.61 Å². The highest BCUT2D eigenvalue weighted by Gasteiger charge is 2.30. The molecule has 0 aromatic heterocycles. The van der Waals surface area contributed by atoms with Crippen LogP contribution in [0.2, 0.25) is 0 Å². The van der Waals surface area contributed by atoms with Crippen LogP contribution < -0.4 is 5.32 Å². The second kappa shape index (κ2) is 4.46. The number of aliphatic hydroxyl groups excluding tert-OH is 1. The molecule has 0 spiro atoms. The summed E-state index contributed by atoms with van der Waals surface area (Å²) >= 11 is 0. The molecule has 1 saturated carbocycles. The lowest BCUT2D eigenvalue weighted by molar-refractivity contribution is 0.282. The molecular formula is C14H21NO. The molecule has 2 rings (SSSR count). The van der Waals surface area contributed by atoms with Crippen LogP contribution in [0.5, 0.6) is 0 Å². The molecule has 1 unspecified atom stereocenters. The number of hydrogen-bond acceptors (Lipinski definition) is 2. The topological polar surface area (TPSA) is 32.3 Å². The smallest absolute Gasteiger partial charge is 0.0682 e. The van der Waals surface area contributed by atoms with Crippen LogP contribution in [0.15, 0.2) is 24.3 Å². The van der Waals surface area contributed by atoms with Crippen LogP contribution >= 0.6 is 0 Å². The quantitative estimate of drug-likeness (QED) is 0.818. The molecule has 1 fully saturated rings. The molecule has 88 valence electrons. The summed E-state index contributed by atoms with van der Waals surface area (Å²) in [7, 11) is 0. The van der Waals surface area contributed by atoms with Gasteiger partial charge in [0.25, 0.3) is 0 Å². The Kier molecular flexibility index (Phi) is 3.20. The highest BCUT2D eigenvalue weighted by Crippen LogP contribution is 2.38. The number of rotatable bonds is 3. The fourth-order valence-corrected chi connectivity index (χ4v) is 2.55. The molecule has 2 nitrogen and oxygen atoms in total. The Hall–Kier alpha value is -1.02. The maximum absolute atomic E-state index is 9.08. The van der Waals surface area contributed by atoms with E-state index in [1.807, 2.05) is 18.2 Å². The summed E-state index contributed by atoms with van der Waals surface area (Å²) in [6, 6.07) is 8.64. The van der Waals surface area contributed by atoms with Crippen LogP contribution in [0, 0.1) is 5.41 Å². The molecule has 2 N–H and O–H groups in total. The Bertz CT molecular complexity index is 360. The molecule has 0 aliphatic heterocycles. The van der Waals surface area contributed by atoms with E-state index in [1.54, 1.807) is 0 Å². The SMILES string of the molecule is CC1(C)CCC(Nc2cccc(CO)c2)C1. The molecule has 0 bridgehead atoms. The molecule has 16 heavy (non-hydrogen) atoms. The lowest BCUT2D eigenvalue weighted by Crippen LogP contribution is -2.17. The van der Waals surface area contributed by atoms with Gasteiger partial charge in [-0.2, -0.15) is 0 Å². The van der Waals surface area contributed by atoms with Crippen molar-refractivity contribution in [3.63, 3.8) is 0 Å². The van der Waals surface area contributed by atoms with E-state index in [1.165, 1.54) is 19.3 Å². The normalized spacial score (nSPS) is 23.3. The first-order chi connectivity index (χ1) is 7.59. The van der Waals surface area contributed by atoms with Crippen LogP contribution in [-0.4, -0.2) is 11.1 Å². The van der Waals surface area contributed by atoms with E-state index in [0.29, 0.717) is 11.5 Å². The van der Waals surface area contributed by atoms with E-state index in [4.69, 9.17) is 5.11 Å². The van der Waals surface area contributed by atoms with Crippen molar-refractivity contribution in [3.05, 3.63) is 29.8 Å². The summed E-state index contributed by atoms with van der Waals surface area (Å²) in [6.45, 7) is 4.78. The average molecular weight is 219 g/mol. The number of hydrogen-bond donors (Lipinski definition) is 2. The van der Waals surface area contributed by atoms with Crippen molar-refractivity contribution in [3.8, 4) is 0 Å². The van der Waals surface area contributed by atoms with Crippen LogP contribution in [0.1, 0.15) is 38.7 Å². The van der Waals surface area contributed by atoms with Crippen molar-refractivity contribution in [2.24, 2.45) is 5.41 Å². The zero-order valence-corrected chi connectivity index (χ0v) is 10.2. The Balaban J connectivity index is 1.99. The highest BCUT2D eigenvalue weighted by atomic mass is 16.3. The summed E-state index contributed by atoms with van der Waals surface area (Å²) in [5.74, 6) is 0. The highest BCUT2D eigenvalue weighted by molar-refractivity contribution is 5.46. The summed E-state index contributed by atoms with van der Waals surface area (Å²) in [5.41, 5.74) is 2.59. The van der Waals surface area contributed by atoms with Gasteiger partial charge < -0.3 is 10.4 Å². The first-order valence-corrected chi connectivity index (χ1v) is 6.05. The van der Waals surface area contributed by atoms with E-state index in [0.717, 1.165) is 11.3 Å². The van der Waals surface area contributed by atoms with Crippen LogP contribution in [-0.2, 0) is 6.61 Å². The Morgan fingerprint density at radius 2 is 2.25 bits per heavy atom. The summed E-state index contributed by atoms with van der Waals surface area (Å²) in [4.78, 5) is 0. The van der Waals surface area contributed by atoms with E-state index in [2.05, 4.69) is 25.2 Å². The molecule has 0 heterocycles. The van der Waals surface area contributed by atoms with Crippen LogP contribution in [0.4, 0.5) is 5.69 Å². The molecule has 1 aliphatic carbocycles. The predicted octanol–water partition coefficient (Wildman–Crippen LogP) is 3.17. The molecule has 1 atom stereocenters. The van der Waals surface area contributed by atoms with Crippen molar-refractivity contribution in [1.29, 1.82) is 0 Å². The second-order valence-corrected chi connectivity index (χ2v) is 5.61. The largest absolute Gasteiger partial charge is 0.392 e. The molecular weight excluding hydrogens is 198 g/mol. The van der Waals surface area contributed by atoms with Gasteiger partial charge in [0.1, 0.15) is 0 Å². The first kappa shape index (κ1) is 11.5. The van der Waals surface area contributed by atoms with Crippen molar-refractivity contribution in [2.75, 3.05) is 5.32 Å². The van der Waals surface area contributed by atoms with Gasteiger partial charge in [0.2, 0.25) is 0 Å². The van der Waals surface area contributed by atoms with E-state index >= 15 is 0 Å². The minimum atomic E-state index is 0.117. The van der Waals surface area contributed by atoms with Gasteiger partial charge in [-0.1, -0.05) is 26.0 Å². The van der Waals surface area contributed by atoms with Gasteiger partial charge in [0, 0.05) is 11.7 Å². The third-order valence-corrected chi connectivity index (χ3v) is 3.45. The standard InChI is InChI=1S/C14H21NO/c1-14(2)7-6-13(9-14)15-12-5-3-4-11(8-12)10-16/h3-5,8,13,15-16H,6-7,9-10H2,1-2H3. The zero-order chi connectivity index (χ0) is 11.6. The Morgan fingerprint density at radius 1 is 1.44 bits per heavy atom. The maximum atomic E-state index is 9.08. The fraction of sp³-hybridized carbons (Fsp3) is 0.571. The third kappa shape index (κ3) is 2.76. The minimum Gasteiger partial charge on any atom is -0.392 e. The summed E-state index contributed by atoms with van der Waals surface area (Å²) < 4.78 is 0. The Labute approximate surface area is 97.7 Å². The van der Waals surface area contributed by atoms with Crippen molar-refractivity contribution in [1.82, 2.24) is 0 Å². The number of aliphatic hydroxyl groups is 1. The second-order valence-electron chi connectivity index (χ2n) is 5.61. The predicted molar refractivity (Wildman–Crippen MR) is 67.4 cm³/mol. The van der Waals surface area contributed by atoms with Crippen molar-refractivity contribution < 1.29 is 5.11 Å². The van der Waals surface area contributed by atoms with Gasteiger partial charge in [0.05, 0.1) is 6.61 Å². The molecule has 1 aromatic carbocycles. The maximum Gasteiger partial charge on any atom is 0.0682 e. The number of nitrogens with one attached hydrogen (secondary N) is 1. The molecule has 1 aromatic rings. The number of benzene rings is 1. The van der Waals surface area contributed by atoms with Gasteiger partial charge in [-0.3, -0.25) is 0 Å². The monoisotopic (exact) mass is 219 g/mol. The van der Waals surface area contributed by atoms with Gasteiger partial charge in [-0.15, -0.1) is 0 Å². The molecule has 1 aliphatic rings. The molecule has 0 saturated heterocycles. The molecule has 0 radical (unpaired) electrons. The average Bonchev–Trinajstić information content (AvgIpc) is 2.58. The Morgan fingerprint density at radius 3 is 2.88 bits per heavy atom. The van der Waals surface area contributed by atoms with Crippen LogP contribution in [0.25, 0.3) is 0 Å². The lowest BCUT2D eigenvalue weighted by atomic mass is 9.92. The minimum absolute atomic E-state index is 0.117. The van der Waals surface area contributed by atoms with Gasteiger partial charge in [-0.25, -0.2) is 0 Å². The molecule has 0 amide bonds. The number of anilines is 1. The van der Waals surface area contributed by atoms with Crippen LogP contribution in [0.3, 0.4) is 0 Å². The van der Waals surface area contributed by atoms with Crippen molar-refractivity contribution >= 4 is 5.69 Å². The van der Waals surface area contributed by atoms with Gasteiger partial charge in [-0.05, 0) is 42.4 Å². The van der Waals surface area contributed by atoms with Gasteiger partial charge >= 0.3 is 0 Å². The first-order valence-electron chi connectivity index (χ1n) is 6.05. The van der Waals surface area contributed by atoms with E-state index < -0.39 is 0 Å². The molecule has 2 heteroatoms.